The summed E-state index contributed by atoms with van der Waals surface area (Å²) in [5.74, 6) is 0. The van der Waals surface area contributed by atoms with Gasteiger partial charge in [-0.25, -0.2) is 0 Å². The minimum absolute atomic E-state index is 0.266. The SMILES string of the molecule is O=P(O)(O)C(CN1CCCCCC1)(P(=O)(O)O)P(=O)(O)O. The minimum atomic E-state index is -5.80. The fraction of sp³-hybridized carbons (Fsp3) is 1.00. The Morgan fingerprint density at radius 1 is 0.714 bits per heavy atom. The molecule has 1 rings (SSSR count). The molecule has 6 N–H and O–H groups in total. The van der Waals surface area contributed by atoms with Gasteiger partial charge in [0.1, 0.15) is 0 Å². The molecule has 1 saturated heterocycles. The average Bonchev–Trinajstić information content (AvgIpc) is 2.48. The molecule has 0 radical (unpaired) electrons. The predicted octanol–water partition coefficient (Wildman–Crippen LogP) is 0.0493. The van der Waals surface area contributed by atoms with Crippen molar-refractivity contribution >= 4 is 22.8 Å². The van der Waals surface area contributed by atoms with Crippen molar-refractivity contribution in [3.05, 3.63) is 0 Å². The van der Waals surface area contributed by atoms with E-state index in [1.54, 1.807) is 0 Å². The summed E-state index contributed by atoms with van der Waals surface area (Å²) in [6.07, 6.45) is 2.93. The molecule has 1 fully saturated rings. The summed E-state index contributed by atoms with van der Waals surface area (Å²) in [6, 6.07) is 0. The van der Waals surface area contributed by atoms with Crippen LogP contribution in [0.25, 0.3) is 0 Å². The molecule has 0 saturated carbocycles. The van der Waals surface area contributed by atoms with Crippen LogP contribution in [0, 0.1) is 0 Å². The first kappa shape index (κ1) is 19.5. The molecule has 0 bridgehead atoms. The Morgan fingerprint density at radius 3 is 1.33 bits per heavy atom. The van der Waals surface area contributed by atoms with E-state index in [0.717, 1.165) is 12.8 Å². The summed E-state index contributed by atoms with van der Waals surface area (Å²) in [4.78, 5) is 57.1. The van der Waals surface area contributed by atoms with E-state index in [4.69, 9.17) is 0 Å². The highest BCUT2D eigenvalue weighted by atomic mass is 31.3. The van der Waals surface area contributed by atoms with Gasteiger partial charge in [-0.3, -0.25) is 13.7 Å². The summed E-state index contributed by atoms with van der Waals surface area (Å²) in [5.41, 5.74) is 0. The topological polar surface area (TPSA) is 176 Å². The van der Waals surface area contributed by atoms with E-state index in [-0.39, 0.29) is 13.1 Å². The van der Waals surface area contributed by atoms with Gasteiger partial charge in [0.25, 0.3) is 4.64 Å². The Balaban J connectivity index is 3.34. The first-order valence-corrected chi connectivity index (χ1v) is 11.1. The van der Waals surface area contributed by atoms with Crippen LogP contribution in [-0.4, -0.2) is 58.5 Å². The number of likely N-dealkylation sites (tertiary alicyclic amines) is 1. The molecule has 0 aromatic rings. The molecule has 0 aliphatic carbocycles. The van der Waals surface area contributed by atoms with Gasteiger partial charge in [-0.05, 0) is 25.9 Å². The van der Waals surface area contributed by atoms with Gasteiger partial charge in [-0.15, -0.1) is 0 Å². The second-order valence-electron chi connectivity index (χ2n) is 5.10. The Kier molecular flexibility index (Phi) is 6.02. The van der Waals surface area contributed by atoms with Gasteiger partial charge in [0.15, 0.2) is 0 Å². The third kappa shape index (κ3) is 4.03. The Hall–Kier alpha value is 0.410. The van der Waals surface area contributed by atoms with Crippen LogP contribution in [0.15, 0.2) is 0 Å². The van der Waals surface area contributed by atoms with Gasteiger partial charge in [0.2, 0.25) is 0 Å². The molecule has 10 nitrogen and oxygen atoms in total. The van der Waals surface area contributed by atoms with Crippen molar-refractivity contribution in [2.45, 2.75) is 30.3 Å². The highest BCUT2D eigenvalue weighted by Gasteiger charge is 2.72. The summed E-state index contributed by atoms with van der Waals surface area (Å²) >= 11 is 0. The first-order chi connectivity index (χ1) is 9.33. The van der Waals surface area contributed by atoms with E-state index in [9.17, 15) is 43.1 Å². The highest BCUT2D eigenvalue weighted by Crippen LogP contribution is 2.82. The predicted molar refractivity (Wildman–Crippen MR) is 73.8 cm³/mol. The molecule has 0 aromatic heterocycles. The van der Waals surface area contributed by atoms with Crippen molar-refractivity contribution in [1.29, 1.82) is 0 Å². The standard InChI is InChI=1S/C8H20NO9P3/c10-19(11,12)8(20(13,14)15,21(16,17)18)7-9-5-3-1-2-4-6-9/h1-7H2,(H2,10,11,12)(H2,13,14,15)(H2,16,17,18). The highest BCUT2D eigenvalue weighted by molar-refractivity contribution is 7.88. The van der Waals surface area contributed by atoms with Gasteiger partial charge in [0.05, 0.1) is 0 Å². The zero-order valence-electron chi connectivity index (χ0n) is 11.1. The summed E-state index contributed by atoms with van der Waals surface area (Å²) in [5, 5.41) is 0. The maximum absolute atomic E-state index is 11.6. The Morgan fingerprint density at radius 2 is 1.05 bits per heavy atom. The summed E-state index contributed by atoms with van der Waals surface area (Å²) < 4.78 is 31.1. The maximum Gasteiger partial charge on any atom is 0.357 e. The molecule has 1 heterocycles. The number of rotatable bonds is 5. The number of hydrogen-bond donors (Lipinski definition) is 6. The van der Waals surface area contributed by atoms with Gasteiger partial charge < -0.3 is 34.3 Å². The van der Waals surface area contributed by atoms with Crippen LogP contribution in [-0.2, 0) is 13.7 Å². The van der Waals surface area contributed by atoms with E-state index in [1.807, 2.05) is 0 Å². The molecule has 0 spiro atoms. The molecule has 1 aliphatic heterocycles. The van der Waals surface area contributed by atoms with Crippen LogP contribution in [0.2, 0.25) is 0 Å². The monoisotopic (exact) mass is 367 g/mol. The molecule has 21 heavy (non-hydrogen) atoms. The third-order valence-electron chi connectivity index (χ3n) is 3.53. The Bertz CT molecular complexity index is 442. The number of nitrogens with zero attached hydrogens (tertiary/aromatic N) is 1. The average molecular weight is 367 g/mol. The fourth-order valence-corrected chi connectivity index (χ4v) is 7.61. The molecule has 0 unspecified atom stereocenters. The fourth-order valence-electron chi connectivity index (χ4n) is 2.38. The van der Waals surface area contributed by atoms with Crippen molar-refractivity contribution in [2.75, 3.05) is 19.6 Å². The largest absolute Gasteiger partial charge is 0.357 e. The van der Waals surface area contributed by atoms with Crippen molar-refractivity contribution < 1.29 is 43.1 Å². The minimum Gasteiger partial charge on any atom is -0.323 e. The second-order valence-corrected chi connectivity index (χ2v) is 11.7. The van der Waals surface area contributed by atoms with E-state index >= 15 is 0 Å². The molecular weight excluding hydrogens is 347 g/mol. The molecule has 13 heteroatoms. The van der Waals surface area contributed by atoms with Gasteiger partial charge >= 0.3 is 22.8 Å². The molecule has 1 aliphatic rings. The normalized spacial score (nSPS) is 20.3. The first-order valence-electron chi connectivity index (χ1n) is 6.22. The zero-order chi connectivity index (χ0) is 16.5. The Labute approximate surface area is 121 Å². The number of hydrogen-bond acceptors (Lipinski definition) is 4. The lowest BCUT2D eigenvalue weighted by Crippen LogP contribution is -2.43. The van der Waals surface area contributed by atoms with Gasteiger partial charge in [-0.2, -0.15) is 0 Å². The molecule has 0 aromatic carbocycles. The lowest BCUT2D eigenvalue weighted by atomic mass is 10.2. The molecule has 126 valence electrons. The van der Waals surface area contributed by atoms with Crippen molar-refractivity contribution in [3.63, 3.8) is 0 Å². The van der Waals surface area contributed by atoms with Crippen LogP contribution in [0.5, 0.6) is 0 Å². The maximum atomic E-state index is 11.6. The van der Waals surface area contributed by atoms with Crippen LogP contribution in [0.4, 0.5) is 0 Å². The molecular formula is C8H20NO9P3. The van der Waals surface area contributed by atoms with Crippen LogP contribution < -0.4 is 0 Å². The second kappa shape index (κ2) is 6.49. The molecule has 0 atom stereocenters. The lowest BCUT2D eigenvalue weighted by molar-refractivity contribution is 0.237. The smallest absolute Gasteiger partial charge is 0.323 e. The third-order valence-corrected chi connectivity index (χ3v) is 11.4. The van der Waals surface area contributed by atoms with Crippen LogP contribution in [0.1, 0.15) is 25.7 Å². The van der Waals surface area contributed by atoms with E-state index < -0.39 is 34.0 Å². The van der Waals surface area contributed by atoms with E-state index in [1.165, 1.54) is 4.90 Å². The van der Waals surface area contributed by atoms with Crippen LogP contribution >= 0.6 is 22.8 Å². The quantitative estimate of drug-likeness (QED) is 0.364. The van der Waals surface area contributed by atoms with Gasteiger partial charge in [-0.1, -0.05) is 12.8 Å². The van der Waals surface area contributed by atoms with Crippen LogP contribution in [0.3, 0.4) is 0 Å². The zero-order valence-corrected chi connectivity index (χ0v) is 13.8. The summed E-state index contributed by atoms with van der Waals surface area (Å²) in [6.45, 7) is -0.519. The van der Waals surface area contributed by atoms with Crippen molar-refractivity contribution in [3.8, 4) is 0 Å². The van der Waals surface area contributed by atoms with Crippen molar-refractivity contribution in [2.24, 2.45) is 0 Å². The van der Waals surface area contributed by atoms with Gasteiger partial charge in [0, 0.05) is 6.54 Å². The van der Waals surface area contributed by atoms with E-state index in [0.29, 0.717) is 12.8 Å². The summed E-state index contributed by atoms with van der Waals surface area (Å²) in [7, 11) is -17.4. The lowest BCUT2D eigenvalue weighted by Gasteiger charge is -2.38. The molecule has 0 amide bonds. The van der Waals surface area contributed by atoms with Crippen molar-refractivity contribution in [1.82, 2.24) is 4.90 Å². The van der Waals surface area contributed by atoms with E-state index in [2.05, 4.69) is 0 Å².